The third-order valence-electron chi connectivity index (χ3n) is 2.93. The van der Waals surface area contributed by atoms with Crippen molar-refractivity contribution in [2.75, 3.05) is 10.6 Å². The van der Waals surface area contributed by atoms with E-state index in [0.29, 0.717) is 10.8 Å². The van der Waals surface area contributed by atoms with Crippen molar-refractivity contribution in [3.8, 4) is 0 Å². The standard InChI is InChI=1S/C16H12BrN3O2S2/c1-9(21)18-10-2-5-12-13(8-10)24-16(19-12)20-15(22)7-4-11-3-6-14(17)23-11/h2-8H,1H3,(H,18,21)(H,19,20,22)/b7-4+. The van der Waals surface area contributed by atoms with Crippen LogP contribution >= 0.6 is 38.6 Å². The number of hydrogen-bond donors (Lipinski definition) is 2. The summed E-state index contributed by atoms with van der Waals surface area (Å²) in [7, 11) is 0. The van der Waals surface area contributed by atoms with Gasteiger partial charge >= 0.3 is 0 Å². The summed E-state index contributed by atoms with van der Waals surface area (Å²) in [5.41, 5.74) is 1.48. The van der Waals surface area contributed by atoms with Crippen molar-refractivity contribution in [1.29, 1.82) is 0 Å². The number of hydrogen-bond acceptors (Lipinski definition) is 5. The molecular weight excluding hydrogens is 410 g/mol. The molecule has 0 unspecified atom stereocenters. The summed E-state index contributed by atoms with van der Waals surface area (Å²) < 4.78 is 1.91. The van der Waals surface area contributed by atoms with Crippen LogP contribution in [0.5, 0.6) is 0 Å². The number of aromatic nitrogens is 1. The fourth-order valence-electron chi connectivity index (χ4n) is 1.98. The van der Waals surface area contributed by atoms with E-state index in [1.165, 1.54) is 24.3 Å². The van der Waals surface area contributed by atoms with E-state index in [1.807, 2.05) is 24.3 Å². The Kier molecular flexibility index (Phi) is 5.08. The number of thiophene rings is 1. The number of amides is 2. The summed E-state index contributed by atoms with van der Waals surface area (Å²) in [4.78, 5) is 28.4. The lowest BCUT2D eigenvalue weighted by Gasteiger charge is -1.99. The van der Waals surface area contributed by atoms with Gasteiger partial charge in [0.2, 0.25) is 11.8 Å². The van der Waals surface area contributed by atoms with Crippen LogP contribution in [0, 0.1) is 0 Å². The molecule has 2 N–H and O–H groups in total. The molecule has 0 aliphatic heterocycles. The first kappa shape index (κ1) is 16.8. The fraction of sp³-hybridized carbons (Fsp3) is 0.0625. The highest BCUT2D eigenvalue weighted by atomic mass is 79.9. The van der Waals surface area contributed by atoms with E-state index in [9.17, 15) is 9.59 Å². The Morgan fingerprint density at radius 1 is 1.17 bits per heavy atom. The first-order valence-electron chi connectivity index (χ1n) is 6.92. The molecule has 1 aromatic carbocycles. The van der Waals surface area contributed by atoms with Gasteiger partial charge in [0.1, 0.15) is 0 Å². The minimum Gasteiger partial charge on any atom is -0.326 e. The molecule has 2 heterocycles. The zero-order valence-electron chi connectivity index (χ0n) is 12.5. The first-order chi connectivity index (χ1) is 11.5. The zero-order chi connectivity index (χ0) is 17.1. The molecule has 0 radical (unpaired) electrons. The minimum atomic E-state index is -0.235. The Morgan fingerprint density at radius 2 is 2.00 bits per heavy atom. The smallest absolute Gasteiger partial charge is 0.250 e. The molecule has 0 spiro atoms. The number of carbonyl (C=O) groups is 2. The monoisotopic (exact) mass is 421 g/mol. The van der Waals surface area contributed by atoms with E-state index in [-0.39, 0.29) is 11.8 Å². The van der Waals surface area contributed by atoms with Crippen LogP contribution in [0.2, 0.25) is 0 Å². The number of anilines is 2. The second kappa shape index (κ2) is 7.25. The second-order valence-corrected chi connectivity index (χ2v) is 8.37. The maximum absolute atomic E-state index is 12.0. The highest BCUT2D eigenvalue weighted by Gasteiger charge is 2.07. The van der Waals surface area contributed by atoms with Crippen molar-refractivity contribution in [2.24, 2.45) is 0 Å². The molecular formula is C16H12BrN3O2S2. The Bertz CT molecular complexity index is 946. The number of halogens is 1. The number of carbonyl (C=O) groups excluding carboxylic acids is 2. The van der Waals surface area contributed by atoms with Crippen LogP contribution in [0.15, 0.2) is 40.2 Å². The number of benzene rings is 1. The average Bonchev–Trinajstić information content (AvgIpc) is 3.09. The summed E-state index contributed by atoms with van der Waals surface area (Å²) >= 11 is 6.29. The highest BCUT2D eigenvalue weighted by molar-refractivity contribution is 9.11. The summed E-state index contributed by atoms with van der Waals surface area (Å²) in [5, 5.41) is 6.00. The lowest BCUT2D eigenvalue weighted by molar-refractivity contribution is -0.114. The molecule has 0 atom stereocenters. The second-order valence-electron chi connectivity index (χ2n) is 4.85. The van der Waals surface area contributed by atoms with Crippen LogP contribution in [0.1, 0.15) is 11.8 Å². The SMILES string of the molecule is CC(=O)Nc1ccc2nc(NC(=O)/C=C/c3ccc(Br)s3)sc2c1. The highest BCUT2D eigenvalue weighted by Crippen LogP contribution is 2.28. The maximum Gasteiger partial charge on any atom is 0.250 e. The predicted molar refractivity (Wildman–Crippen MR) is 104 cm³/mol. The Balaban J connectivity index is 1.71. The zero-order valence-corrected chi connectivity index (χ0v) is 15.7. The minimum absolute atomic E-state index is 0.127. The Hall–Kier alpha value is -2.03. The molecule has 3 rings (SSSR count). The first-order valence-corrected chi connectivity index (χ1v) is 9.35. The summed E-state index contributed by atoms with van der Waals surface area (Å²) in [6.07, 6.45) is 3.24. The average molecular weight is 422 g/mol. The molecule has 8 heteroatoms. The molecule has 2 aromatic heterocycles. The van der Waals surface area contributed by atoms with Gasteiger partial charge < -0.3 is 5.32 Å². The van der Waals surface area contributed by atoms with Gasteiger partial charge in [-0.1, -0.05) is 11.3 Å². The van der Waals surface area contributed by atoms with E-state index < -0.39 is 0 Å². The molecule has 0 aliphatic rings. The van der Waals surface area contributed by atoms with Gasteiger partial charge in [0, 0.05) is 23.6 Å². The largest absolute Gasteiger partial charge is 0.326 e. The molecule has 122 valence electrons. The van der Waals surface area contributed by atoms with Gasteiger partial charge in [-0.2, -0.15) is 0 Å². The molecule has 0 saturated carbocycles. The lowest BCUT2D eigenvalue weighted by atomic mass is 10.3. The van der Waals surface area contributed by atoms with Gasteiger partial charge in [-0.25, -0.2) is 4.98 Å². The van der Waals surface area contributed by atoms with Crippen molar-refractivity contribution >= 4 is 77.5 Å². The number of fused-ring (bicyclic) bond motifs is 1. The van der Waals surface area contributed by atoms with Gasteiger partial charge in [-0.05, 0) is 52.3 Å². The number of nitrogens with one attached hydrogen (secondary N) is 2. The third-order valence-corrected chi connectivity index (χ3v) is 5.45. The van der Waals surface area contributed by atoms with E-state index in [1.54, 1.807) is 23.5 Å². The summed E-state index contributed by atoms with van der Waals surface area (Å²) in [6.45, 7) is 1.46. The van der Waals surface area contributed by atoms with Crippen molar-refractivity contribution in [3.05, 3.63) is 45.1 Å². The molecule has 0 bridgehead atoms. The number of thiazole rings is 1. The number of nitrogens with zero attached hydrogens (tertiary/aromatic N) is 1. The Labute approximate surface area is 154 Å². The van der Waals surface area contributed by atoms with E-state index in [2.05, 4.69) is 31.5 Å². The molecule has 5 nitrogen and oxygen atoms in total. The lowest BCUT2D eigenvalue weighted by Crippen LogP contribution is -2.06. The van der Waals surface area contributed by atoms with Crippen molar-refractivity contribution in [2.45, 2.75) is 6.92 Å². The van der Waals surface area contributed by atoms with Crippen LogP contribution in [0.25, 0.3) is 16.3 Å². The topological polar surface area (TPSA) is 71.1 Å². The van der Waals surface area contributed by atoms with Crippen molar-refractivity contribution in [3.63, 3.8) is 0 Å². The fourth-order valence-corrected chi connectivity index (χ4v) is 4.22. The summed E-state index contributed by atoms with van der Waals surface area (Å²) in [5.74, 6) is -0.363. The van der Waals surface area contributed by atoms with E-state index >= 15 is 0 Å². The van der Waals surface area contributed by atoms with E-state index in [0.717, 1.165) is 18.9 Å². The molecule has 0 saturated heterocycles. The van der Waals surface area contributed by atoms with Gasteiger partial charge in [0.25, 0.3) is 0 Å². The van der Waals surface area contributed by atoms with Gasteiger partial charge in [0.05, 0.1) is 14.0 Å². The molecule has 0 fully saturated rings. The Morgan fingerprint density at radius 3 is 2.71 bits per heavy atom. The van der Waals surface area contributed by atoms with Crippen molar-refractivity contribution < 1.29 is 9.59 Å². The molecule has 0 aliphatic carbocycles. The van der Waals surface area contributed by atoms with Crippen LogP contribution < -0.4 is 10.6 Å². The van der Waals surface area contributed by atoms with E-state index in [4.69, 9.17) is 0 Å². The molecule has 3 aromatic rings. The van der Waals surface area contributed by atoms with Gasteiger partial charge in [-0.15, -0.1) is 11.3 Å². The van der Waals surface area contributed by atoms with Gasteiger partial charge in [-0.3, -0.25) is 14.9 Å². The third kappa shape index (κ3) is 4.28. The summed E-state index contributed by atoms with van der Waals surface area (Å²) in [6, 6.07) is 9.29. The van der Waals surface area contributed by atoms with Gasteiger partial charge in [0.15, 0.2) is 5.13 Å². The van der Waals surface area contributed by atoms with Crippen LogP contribution in [0.3, 0.4) is 0 Å². The predicted octanol–water partition coefficient (Wildman–Crippen LogP) is 4.73. The quantitative estimate of drug-likeness (QED) is 0.598. The maximum atomic E-state index is 12.0. The van der Waals surface area contributed by atoms with Crippen molar-refractivity contribution in [1.82, 2.24) is 4.98 Å². The molecule has 24 heavy (non-hydrogen) atoms. The number of rotatable bonds is 4. The van der Waals surface area contributed by atoms with Crippen LogP contribution in [-0.2, 0) is 9.59 Å². The van der Waals surface area contributed by atoms with Crippen LogP contribution in [0.4, 0.5) is 10.8 Å². The molecule has 2 amide bonds. The normalized spacial score (nSPS) is 11.1. The van der Waals surface area contributed by atoms with Crippen LogP contribution in [-0.4, -0.2) is 16.8 Å².